The monoisotopic (exact) mass is 369 g/mol. The van der Waals surface area contributed by atoms with Crippen molar-refractivity contribution in [1.29, 1.82) is 0 Å². The van der Waals surface area contributed by atoms with Gasteiger partial charge in [-0.15, -0.1) is 0 Å². The van der Waals surface area contributed by atoms with Crippen molar-refractivity contribution in [2.75, 3.05) is 35.2 Å². The molecule has 0 aliphatic rings. The zero-order chi connectivity index (χ0) is 19.8. The van der Waals surface area contributed by atoms with Crippen LogP contribution in [0.1, 0.15) is 50.2 Å². The maximum absolute atomic E-state index is 12.5. The van der Waals surface area contributed by atoms with Gasteiger partial charge < -0.3 is 15.5 Å². The van der Waals surface area contributed by atoms with Gasteiger partial charge in [-0.1, -0.05) is 13.8 Å². The van der Waals surface area contributed by atoms with E-state index in [2.05, 4.69) is 59.3 Å². The molecule has 0 aliphatic carbocycles. The molecule has 0 bridgehead atoms. The van der Waals surface area contributed by atoms with Crippen LogP contribution in [0.5, 0.6) is 0 Å². The minimum Gasteiger partial charge on any atom is -0.372 e. The summed E-state index contributed by atoms with van der Waals surface area (Å²) in [6, 6.07) is 6.06. The molecule has 0 saturated carbocycles. The topological polar surface area (TPSA) is 70.2 Å². The lowest BCUT2D eigenvalue weighted by atomic mass is 10.1. The van der Waals surface area contributed by atoms with Gasteiger partial charge in [-0.05, 0) is 56.9 Å². The third-order valence-electron chi connectivity index (χ3n) is 4.50. The molecule has 0 unspecified atom stereocenters. The molecule has 1 heterocycles. The van der Waals surface area contributed by atoms with Gasteiger partial charge in [-0.2, -0.15) is 0 Å². The van der Waals surface area contributed by atoms with Gasteiger partial charge in [0, 0.05) is 31.0 Å². The van der Waals surface area contributed by atoms with Crippen LogP contribution in [0.3, 0.4) is 0 Å². The number of amides is 1. The van der Waals surface area contributed by atoms with E-state index in [4.69, 9.17) is 0 Å². The molecule has 0 atom stereocenters. The van der Waals surface area contributed by atoms with Gasteiger partial charge in [-0.3, -0.25) is 4.79 Å². The van der Waals surface area contributed by atoms with E-state index >= 15 is 0 Å². The highest BCUT2D eigenvalue weighted by molar-refractivity contribution is 6.03. The highest BCUT2D eigenvalue weighted by Crippen LogP contribution is 2.23. The van der Waals surface area contributed by atoms with E-state index in [0.29, 0.717) is 17.4 Å². The van der Waals surface area contributed by atoms with Crippen molar-refractivity contribution < 1.29 is 4.79 Å². The number of aromatic nitrogens is 2. The largest absolute Gasteiger partial charge is 0.372 e. The predicted octanol–water partition coefficient (Wildman–Crippen LogP) is 4.34. The fourth-order valence-corrected chi connectivity index (χ4v) is 2.79. The molecule has 6 heteroatoms. The fraction of sp³-hybridized carbons (Fsp3) is 0.476. The standard InChI is InChI=1S/C21H31N5O/c1-6-26(7-2)17-8-9-18(16(5)12-17)25-21(27)19-13-24-20(14-23-19)22-11-10-15(3)4/h8-9,12-15H,6-7,10-11H2,1-5H3,(H,22,24)(H,25,27). The lowest BCUT2D eigenvalue weighted by Gasteiger charge is -2.22. The fourth-order valence-electron chi connectivity index (χ4n) is 2.79. The third-order valence-corrected chi connectivity index (χ3v) is 4.50. The molecule has 1 aromatic carbocycles. The minimum absolute atomic E-state index is 0.255. The van der Waals surface area contributed by atoms with Gasteiger partial charge in [-0.25, -0.2) is 9.97 Å². The second kappa shape index (κ2) is 9.90. The second-order valence-corrected chi connectivity index (χ2v) is 7.02. The summed E-state index contributed by atoms with van der Waals surface area (Å²) in [4.78, 5) is 23.2. The smallest absolute Gasteiger partial charge is 0.275 e. The van der Waals surface area contributed by atoms with Crippen molar-refractivity contribution in [2.24, 2.45) is 5.92 Å². The molecule has 146 valence electrons. The number of benzene rings is 1. The number of anilines is 3. The van der Waals surface area contributed by atoms with Crippen LogP contribution < -0.4 is 15.5 Å². The first-order valence-corrected chi connectivity index (χ1v) is 9.67. The van der Waals surface area contributed by atoms with E-state index in [9.17, 15) is 4.79 Å². The van der Waals surface area contributed by atoms with Crippen molar-refractivity contribution in [3.05, 3.63) is 41.9 Å². The summed E-state index contributed by atoms with van der Waals surface area (Å²) in [5.74, 6) is 1.06. The van der Waals surface area contributed by atoms with E-state index < -0.39 is 0 Å². The first-order valence-electron chi connectivity index (χ1n) is 9.67. The number of aryl methyl sites for hydroxylation is 1. The van der Waals surface area contributed by atoms with Crippen molar-refractivity contribution in [1.82, 2.24) is 9.97 Å². The number of rotatable bonds is 9. The molecule has 0 aliphatic heterocycles. The van der Waals surface area contributed by atoms with Crippen LogP contribution in [0.15, 0.2) is 30.6 Å². The molecule has 2 aromatic rings. The van der Waals surface area contributed by atoms with Crippen LogP contribution in [0.4, 0.5) is 17.2 Å². The average molecular weight is 370 g/mol. The molecule has 0 saturated heterocycles. The summed E-state index contributed by atoms with van der Waals surface area (Å²) in [6.45, 7) is 13.4. The van der Waals surface area contributed by atoms with Gasteiger partial charge in [0.15, 0.2) is 0 Å². The zero-order valence-electron chi connectivity index (χ0n) is 17.0. The Balaban J connectivity index is 2.00. The lowest BCUT2D eigenvalue weighted by Crippen LogP contribution is -2.22. The number of hydrogen-bond donors (Lipinski definition) is 2. The first kappa shape index (κ1) is 20.7. The predicted molar refractivity (Wildman–Crippen MR) is 113 cm³/mol. The molecular weight excluding hydrogens is 338 g/mol. The zero-order valence-corrected chi connectivity index (χ0v) is 17.0. The van der Waals surface area contributed by atoms with Gasteiger partial charge in [0.2, 0.25) is 0 Å². The minimum atomic E-state index is -0.255. The number of nitrogens with zero attached hydrogens (tertiary/aromatic N) is 3. The third kappa shape index (κ3) is 5.94. The van der Waals surface area contributed by atoms with Crippen molar-refractivity contribution >= 4 is 23.1 Å². The Hall–Kier alpha value is -2.63. The van der Waals surface area contributed by atoms with E-state index in [1.54, 1.807) is 6.20 Å². The molecular formula is C21H31N5O. The average Bonchev–Trinajstić information content (AvgIpc) is 2.65. The summed E-state index contributed by atoms with van der Waals surface area (Å²) in [6.07, 6.45) is 4.17. The van der Waals surface area contributed by atoms with Crippen LogP contribution in [0, 0.1) is 12.8 Å². The molecule has 2 rings (SSSR count). The second-order valence-electron chi connectivity index (χ2n) is 7.02. The van der Waals surface area contributed by atoms with Crippen molar-refractivity contribution in [2.45, 2.75) is 41.0 Å². The van der Waals surface area contributed by atoms with Gasteiger partial charge in [0.25, 0.3) is 5.91 Å². The Labute approximate surface area is 162 Å². The van der Waals surface area contributed by atoms with Crippen LogP contribution >= 0.6 is 0 Å². The molecule has 0 fully saturated rings. The number of nitrogens with one attached hydrogen (secondary N) is 2. The Bertz CT molecular complexity index is 739. The highest BCUT2D eigenvalue weighted by atomic mass is 16.1. The Morgan fingerprint density at radius 2 is 1.89 bits per heavy atom. The SMILES string of the molecule is CCN(CC)c1ccc(NC(=O)c2cnc(NCCC(C)C)cn2)c(C)c1. The van der Waals surface area contributed by atoms with Gasteiger partial charge >= 0.3 is 0 Å². The summed E-state index contributed by atoms with van der Waals surface area (Å²) in [5.41, 5.74) is 3.27. The van der Waals surface area contributed by atoms with Gasteiger partial charge in [0.05, 0.1) is 12.4 Å². The van der Waals surface area contributed by atoms with Crippen LogP contribution in [0.2, 0.25) is 0 Å². The van der Waals surface area contributed by atoms with Crippen LogP contribution in [-0.2, 0) is 0 Å². The summed E-state index contributed by atoms with van der Waals surface area (Å²) < 4.78 is 0. The molecule has 27 heavy (non-hydrogen) atoms. The molecule has 0 spiro atoms. The Kier molecular flexibility index (Phi) is 7.58. The normalized spacial score (nSPS) is 10.7. The summed E-state index contributed by atoms with van der Waals surface area (Å²) >= 11 is 0. The Morgan fingerprint density at radius 1 is 1.15 bits per heavy atom. The highest BCUT2D eigenvalue weighted by Gasteiger charge is 2.11. The molecule has 1 aromatic heterocycles. The lowest BCUT2D eigenvalue weighted by molar-refractivity contribution is 0.102. The number of carbonyl (C=O) groups excluding carboxylic acids is 1. The summed E-state index contributed by atoms with van der Waals surface area (Å²) in [5, 5.41) is 6.14. The van der Waals surface area contributed by atoms with E-state index in [0.717, 1.165) is 43.0 Å². The number of hydrogen-bond acceptors (Lipinski definition) is 5. The quantitative estimate of drug-likeness (QED) is 0.688. The molecule has 1 amide bonds. The first-order chi connectivity index (χ1) is 12.9. The van der Waals surface area contributed by atoms with Crippen molar-refractivity contribution in [3.8, 4) is 0 Å². The molecule has 0 radical (unpaired) electrons. The van der Waals surface area contributed by atoms with Crippen LogP contribution in [0.25, 0.3) is 0 Å². The maximum Gasteiger partial charge on any atom is 0.275 e. The van der Waals surface area contributed by atoms with Crippen molar-refractivity contribution in [3.63, 3.8) is 0 Å². The van der Waals surface area contributed by atoms with Crippen LogP contribution in [-0.4, -0.2) is 35.5 Å². The molecule has 2 N–H and O–H groups in total. The number of carbonyl (C=O) groups is 1. The summed E-state index contributed by atoms with van der Waals surface area (Å²) in [7, 11) is 0. The molecule has 6 nitrogen and oxygen atoms in total. The van der Waals surface area contributed by atoms with E-state index in [1.165, 1.54) is 6.20 Å². The van der Waals surface area contributed by atoms with Gasteiger partial charge in [0.1, 0.15) is 11.5 Å². The van der Waals surface area contributed by atoms with E-state index in [-0.39, 0.29) is 5.91 Å². The van der Waals surface area contributed by atoms with E-state index in [1.807, 2.05) is 19.1 Å². The Morgan fingerprint density at radius 3 is 2.44 bits per heavy atom. The maximum atomic E-state index is 12.5.